The molecule has 0 bridgehead atoms. The van der Waals surface area contributed by atoms with Crippen LogP contribution in [0.4, 0.5) is 0 Å². The van der Waals surface area contributed by atoms with Crippen LogP contribution < -0.4 is 5.73 Å². The Morgan fingerprint density at radius 1 is 1.28 bits per heavy atom. The fourth-order valence-corrected chi connectivity index (χ4v) is 3.17. The highest BCUT2D eigenvalue weighted by atomic mass is 35.5. The predicted molar refractivity (Wildman–Crippen MR) is 102 cm³/mol. The molecule has 25 heavy (non-hydrogen) atoms. The minimum atomic E-state index is -0.237. The standard InChI is InChI=1S/C17H23N5O.2ClH/c18-16(15-6-2-1-3-7-15)9-17(23)21-8-4-5-14(10-21)11-22-13-19-12-20-22;;/h1-3,6-7,12-14,16H,4-5,8-11,18H2;2*1H. The Labute approximate surface area is 160 Å². The summed E-state index contributed by atoms with van der Waals surface area (Å²) in [5.41, 5.74) is 7.19. The van der Waals surface area contributed by atoms with Gasteiger partial charge in [0, 0.05) is 32.1 Å². The van der Waals surface area contributed by atoms with E-state index in [9.17, 15) is 4.79 Å². The average Bonchev–Trinajstić information content (AvgIpc) is 3.09. The lowest BCUT2D eigenvalue weighted by Crippen LogP contribution is -2.42. The molecule has 0 radical (unpaired) electrons. The molecule has 2 unspecified atom stereocenters. The Balaban J connectivity index is 0.00000156. The Hall–Kier alpha value is -1.63. The number of likely N-dealkylation sites (tertiary alicyclic amines) is 1. The molecule has 1 saturated heterocycles. The SMILES string of the molecule is Cl.Cl.NC(CC(=O)N1CCCC(Cn2cncn2)C1)c1ccccc1. The molecule has 0 spiro atoms. The zero-order chi connectivity index (χ0) is 16.1. The molecule has 6 nitrogen and oxygen atoms in total. The van der Waals surface area contributed by atoms with E-state index < -0.39 is 0 Å². The van der Waals surface area contributed by atoms with Gasteiger partial charge in [-0.15, -0.1) is 24.8 Å². The van der Waals surface area contributed by atoms with Crippen molar-refractivity contribution in [3.8, 4) is 0 Å². The minimum absolute atomic E-state index is 0. The third-order valence-corrected chi connectivity index (χ3v) is 4.41. The molecule has 138 valence electrons. The second kappa shape index (κ2) is 10.4. The fraction of sp³-hybridized carbons (Fsp3) is 0.471. The predicted octanol–water partition coefficient (Wildman–Crippen LogP) is 2.45. The summed E-state index contributed by atoms with van der Waals surface area (Å²) in [4.78, 5) is 18.5. The molecule has 1 aromatic carbocycles. The Kier molecular flexibility index (Phi) is 8.89. The number of carbonyl (C=O) groups is 1. The van der Waals surface area contributed by atoms with E-state index in [0.29, 0.717) is 12.3 Å². The molecular weight excluding hydrogens is 361 g/mol. The van der Waals surface area contributed by atoms with Crippen molar-refractivity contribution in [2.24, 2.45) is 11.7 Å². The number of hydrogen-bond acceptors (Lipinski definition) is 4. The number of rotatable bonds is 5. The molecule has 1 aromatic heterocycles. The smallest absolute Gasteiger partial charge is 0.224 e. The van der Waals surface area contributed by atoms with Crippen LogP contribution in [0, 0.1) is 5.92 Å². The van der Waals surface area contributed by atoms with Crippen LogP contribution in [0.3, 0.4) is 0 Å². The quantitative estimate of drug-likeness (QED) is 0.857. The lowest BCUT2D eigenvalue weighted by Gasteiger charge is -2.33. The van der Waals surface area contributed by atoms with Gasteiger partial charge < -0.3 is 10.6 Å². The third kappa shape index (κ3) is 5.99. The minimum Gasteiger partial charge on any atom is -0.342 e. The van der Waals surface area contributed by atoms with Crippen LogP contribution >= 0.6 is 24.8 Å². The summed E-state index contributed by atoms with van der Waals surface area (Å²) >= 11 is 0. The topological polar surface area (TPSA) is 77.0 Å². The van der Waals surface area contributed by atoms with Gasteiger partial charge in [0.15, 0.2) is 0 Å². The van der Waals surface area contributed by atoms with E-state index in [2.05, 4.69) is 10.1 Å². The maximum Gasteiger partial charge on any atom is 0.224 e. The van der Waals surface area contributed by atoms with Gasteiger partial charge in [-0.3, -0.25) is 9.48 Å². The number of aromatic nitrogens is 3. The maximum atomic E-state index is 12.5. The van der Waals surface area contributed by atoms with E-state index in [1.807, 2.05) is 39.9 Å². The first-order valence-electron chi connectivity index (χ1n) is 8.13. The van der Waals surface area contributed by atoms with Crippen molar-refractivity contribution in [2.45, 2.75) is 31.8 Å². The van der Waals surface area contributed by atoms with E-state index in [4.69, 9.17) is 5.73 Å². The Morgan fingerprint density at radius 2 is 2.04 bits per heavy atom. The van der Waals surface area contributed by atoms with Crippen molar-refractivity contribution in [1.29, 1.82) is 0 Å². The first kappa shape index (κ1) is 21.4. The van der Waals surface area contributed by atoms with Gasteiger partial charge in [-0.05, 0) is 24.3 Å². The first-order chi connectivity index (χ1) is 11.2. The highest BCUT2D eigenvalue weighted by Gasteiger charge is 2.25. The normalized spacial score (nSPS) is 18.0. The molecule has 1 aliphatic rings. The van der Waals surface area contributed by atoms with Crippen molar-refractivity contribution in [3.05, 3.63) is 48.5 Å². The summed E-state index contributed by atoms with van der Waals surface area (Å²) in [5.74, 6) is 0.576. The zero-order valence-corrected chi connectivity index (χ0v) is 15.7. The van der Waals surface area contributed by atoms with Crippen LogP contribution in [-0.4, -0.2) is 38.7 Å². The van der Waals surface area contributed by atoms with Crippen molar-refractivity contribution in [2.75, 3.05) is 13.1 Å². The lowest BCUT2D eigenvalue weighted by atomic mass is 9.97. The molecule has 0 aliphatic carbocycles. The molecular formula is C17H25Cl2N5O. The van der Waals surface area contributed by atoms with E-state index in [1.54, 1.807) is 12.7 Å². The zero-order valence-electron chi connectivity index (χ0n) is 14.0. The second-order valence-electron chi connectivity index (χ2n) is 6.19. The van der Waals surface area contributed by atoms with E-state index in [0.717, 1.165) is 38.0 Å². The number of nitrogens with two attached hydrogens (primary N) is 1. The van der Waals surface area contributed by atoms with Gasteiger partial charge >= 0.3 is 0 Å². The van der Waals surface area contributed by atoms with Gasteiger partial charge in [0.25, 0.3) is 0 Å². The summed E-state index contributed by atoms with van der Waals surface area (Å²) in [5, 5.41) is 4.15. The van der Waals surface area contributed by atoms with Gasteiger partial charge in [-0.1, -0.05) is 30.3 Å². The number of piperidine rings is 1. The van der Waals surface area contributed by atoms with E-state index in [-0.39, 0.29) is 36.8 Å². The summed E-state index contributed by atoms with van der Waals surface area (Å²) in [6.45, 7) is 2.42. The van der Waals surface area contributed by atoms with Gasteiger partial charge in [0.2, 0.25) is 5.91 Å². The molecule has 2 atom stereocenters. The number of carbonyl (C=O) groups excluding carboxylic acids is 1. The van der Waals surface area contributed by atoms with Gasteiger partial charge in [-0.2, -0.15) is 5.10 Å². The molecule has 8 heteroatoms. The number of hydrogen-bond donors (Lipinski definition) is 1. The van der Waals surface area contributed by atoms with Gasteiger partial charge in [-0.25, -0.2) is 4.98 Å². The summed E-state index contributed by atoms with van der Waals surface area (Å²) in [6.07, 6.45) is 5.79. The van der Waals surface area contributed by atoms with Crippen molar-refractivity contribution in [1.82, 2.24) is 19.7 Å². The number of amides is 1. The van der Waals surface area contributed by atoms with Crippen LogP contribution in [0.2, 0.25) is 0 Å². The fourth-order valence-electron chi connectivity index (χ4n) is 3.17. The van der Waals surface area contributed by atoms with Crippen LogP contribution in [0.1, 0.15) is 30.9 Å². The Morgan fingerprint density at radius 3 is 2.72 bits per heavy atom. The van der Waals surface area contributed by atoms with Crippen molar-refractivity contribution < 1.29 is 4.79 Å². The van der Waals surface area contributed by atoms with Crippen molar-refractivity contribution >= 4 is 30.7 Å². The molecule has 2 heterocycles. The Bertz CT molecular complexity index is 623. The summed E-state index contributed by atoms with van der Waals surface area (Å²) in [7, 11) is 0. The average molecular weight is 386 g/mol. The highest BCUT2D eigenvalue weighted by Crippen LogP contribution is 2.21. The van der Waals surface area contributed by atoms with Gasteiger partial charge in [0.1, 0.15) is 12.7 Å². The van der Waals surface area contributed by atoms with Crippen LogP contribution in [0.25, 0.3) is 0 Å². The molecule has 0 saturated carbocycles. The summed E-state index contributed by atoms with van der Waals surface area (Å²) < 4.78 is 1.84. The second-order valence-corrected chi connectivity index (χ2v) is 6.19. The van der Waals surface area contributed by atoms with Crippen LogP contribution in [-0.2, 0) is 11.3 Å². The largest absolute Gasteiger partial charge is 0.342 e. The molecule has 1 aliphatic heterocycles. The molecule has 3 rings (SSSR count). The number of nitrogens with zero attached hydrogens (tertiary/aromatic N) is 4. The number of benzene rings is 1. The number of halogens is 2. The monoisotopic (exact) mass is 385 g/mol. The highest BCUT2D eigenvalue weighted by molar-refractivity contribution is 5.85. The first-order valence-corrected chi connectivity index (χ1v) is 8.13. The van der Waals surface area contributed by atoms with E-state index in [1.165, 1.54) is 0 Å². The van der Waals surface area contributed by atoms with E-state index >= 15 is 0 Å². The van der Waals surface area contributed by atoms with Crippen LogP contribution in [0.5, 0.6) is 0 Å². The maximum absolute atomic E-state index is 12.5. The summed E-state index contributed by atoms with van der Waals surface area (Å²) in [6, 6.07) is 9.57. The molecule has 2 aromatic rings. The van der Waals surface area contributed by atoms with Crippen LogP contribution in [0.15, 0.2) is 43.0 Å². The third-order valence-electron chi connectivity index (χ3n) is 4.41. The molecule has 2 N–H and O–H groups in total. The molecule has 1 fully saturated rings. The van der Waals surface area contributed by atoms with Gasteiger partial charge in [0.05, 0.1) is 0 Å². The lowest BCUT2D eigenvalue weighted by molar-refractivity contribution is -0.133. The molecule has 1 amide bonds. The van der Waals surface area contributed by atoms with Crippen molar-refractivity contribution in [3.63, 3.8) is 0 Å².